The first-order valence-electron chi connectivity index (χ1n) is 3.47. The van der Waals surface area contributed by atoms with Gasteiger partial charge in [0, 0.05) is 10.5 Å². The number of hydrogen-bond donors (Lipinski definition) is 0. The number of aryl methyl sites for hydroxylation is 1. The zero-order valence-corrected chi connectivity index (χ0v) is 8.18. The number of ether oxygens (including phenoxy) is 1. The lowest BCUT2D eigenvalue weighted by molar-refractivity contribution is 0.396. The maximum absolute atomic E-state index is 4.98. The van der Waals surface area contributed by atoms with Gasteiger partial charge in [-0.3, -0.25) is 0 Å². The van der Waals surface area contributed by atoms with Gasteiger partial charge in [0.2, 0.25) is 5.88 Å². The Morgan fingerprint density at radius 3 is 2.82 bits per heavy atom. The average molecular weight is 216 g/mol. The van der Waals surface area contributed by atoms with Crippen LogP contribution in [0.15, 0.2) is 16.6 Å². The maximum Gasteiger partial charge on any atom is 0.213 e. The Morgan fingerprint density at radius 2 is 2.27 bits per heavy atom. The minimum absolute atomic E-state index is 0.671. The number of methoxy groups -OCH3 is 1. The van der Waals surface area contributed by atoms with E-state index in [-0.39, 0.29) is 0 Å². The molecule has 0 fully saturated rings. The molecule has 0 unspecified atom stereocenters. The lowest BCUT2D eigenvalue weighted by atomic mass is 10.3. The van der Waals surface area contributed by atoms with Crippen LogP contribution in [0.3, 0.4) is 0 Å². The summed E-state index contributed by atoms with van der Waals surface area (Å²) in [6.07, 6.45) is 0.914. The molecule has 0 atom stereocenters. The van der Waals surface area contributed by atoms with E-state index >= 15 is 0 Å². The molecule has 1 aromatic heterocycles. The van der Waals surface area contributed by atoms with Crippen LogP contribution >= 0.6 is 15.9 Å². The molecule has 0 saturated heterocycles. The fourth-order valence-corrected chi connectivity index (χ4v) is 1.33. The summed E-state index contributed by atoms with van der Waals surface area (Å²) < 4.78 is 6.02. The van der Waals surface area contributed by atoms with Crippen molar-refractivity contribution < 1.29 is 4.74 Å². The summed E-state index contributed by atoms with van der Waals surface area (Å²) in [4.78, 5) is 4.24. The Kier molecular flexibility index (Phi) is 2.88. The lowest BCUT2D eigenvalue weighted by Gasteiger charge is -2.02. The summed E-state index contributed by atoms with van der Waals surface area (Å²) in [6, 6.07) is 3.79. The van der Waals surface area contributed by atoms with Gasteiger partial charge in [-0.1, -0.05) is 6.92 Å². The molecule has 3 heteroatoms. The summed E-state index contributed by atoms with van der Waals surface area (Å²) in [5, 5.41) is 0. The quantitative estimate of drug-likeness (QED) is 0.757. The Labute approximate surface area is 74.7 Å². The third-order valence-corrected chi connectivity index (χ3v) is 2.16. The summed E-state index contributed by atoms with van der Waals surface area (Å²) in [7, 11) is 1.62. The van der Waals surface area contributed by atoms with Gasteiger partial charge in [0.1, 0.15) is 0 Å². The van der Waals surface area contributed by atoms with Crippen molar-refractivity contribution in [2.75, 3.05) is 7.11 Å². The van der Waals surface area contributed by atoms with Crippen LogP contribution in [0, 0.1) is 0 Å². The fraction of sp³-hybridized carbons (Fsp3) is 0.375. The standard InChI is InChI=1S/C8H10BrNO/c1-3-7-6(9)4-5-8(10-7)11-2/h4-5H,3H2,1-2H3. The molecule has 1 aromatic rings. The van der Waals surface area contributed by atoms with Gasteiger partial charge in [-0.2, -0.15) is 0 Å². The predicted molar refractivity (Wildman–Crippen MR) is 47.9 cm³/mol. The second-order valence-corrected chi connectivity index (χ2v) is 2.99. The summed E-state index contributed by atoms with van der Waals surface area (Å²) in [5.74, 6) is 0.671. The first kappa shape index (κ1) is 8.53. The molecule has 0 aromatic carbocycles. The van der Waals surface area contributed by atoms with Crippen LogP contribution in [0.2, 0.25) is 0 Å². The van der Waals surface area contributed by atoms with Crippen molar-refractivity contribution in [2.45, 2.75) is 13.3 Å². The van der Waals surface area contributed by atoms with Gasteiger partial charge in [-0.25, -0.2) is 4.98 Å². The van der Waals surface area contributed by atoms with Crippen LogP contribution < -0.4 is 4.74 Å². The molecular formula is C8H10BrNO. The van der Waals surface area contributed by atoms with E-state index < -0.39 is 0 Å². The minimum Gasteiger partial charge on any atom is -0.481 e. The zero-order chi connectivity index (χ0) is 8.27. The van der Waals surface area contributed by atoms with E-state index in [1.165, 1.54) is 0 Å². The summed E-state index contributed by atoms with van der Waals surface area (Å²) in [5.41, 5.74) is 1.03. The summed E-state index contributed by atoms with van der Waals surface area (Å²) in [6.45, 7) is 2.06. The SMILES string of the molecule is CCc1nc(OC)ccc1Br. The van der Waals surface area contributed by atoms with E-state index in [0.717, 1.165) is 16.6 Å². The molecule has 0 aliphatic rings. The molecule has 1 rings (SSSR count). The molecule has 2 nitrogen and oxygen atoms in total. The molecule has 0 spiro atoms. The number of nitrogens with zero attached hydrogens (tertiary/aromatic N) is 1. The van der Waals surface area contributed by atoms with E-state index in [1.54, 1.807) is 7.11 Å². The molecular weight excluding hydrogens is 206 g/mol. The van der Waals surface area contributed by atoms with Crippen molar-refractivity contribution in [1.82, 2.24) is 4.98 Å². The van der Waals surface area contributed by atoms with Crippen molar-refractivity contribution in [3.63, 3.8) is 0 Å². The first-order valence-corrected chi connectivity index (χ1v) is 4.26. The molecule has 60 valence electrons. The molecule has 0 N–H and O–H groups in total. The molecule has 0 bridgehead atoms. The van der Waals surface area contributed by atoms with E-state index in [9.17, 15) is 0 Å². The second-order valence-electron chi connectivity index (χ2n) is 2.14. The highest BCUT2D eigenvalue weighted by atomic mass is 79.9. The average Bonchev–Trinajstić information content (AvgIpc) is 2.05. The van der Waals surface area contributed by atoms with Crippen LogP contribution in [0.4, 0.5) is 0 Å². The van der Waals surface area contributed by atoms with Crippen LogP contribution in [0.1, 0.15) is 12.6 Å². The molecule has 11 heavy (non-hydrogen) atoms. The molecule has 0 aliphatic carbocycles. The van der Waals surface area contributed by atoms with E-state index in [0.29, 0.717) is 5.88 Å². The molecule has 0 aliphatic heterocycles. The van der Waals surface area contributed by atoms with Crippen molar-refractivity contribution >= 4 is 15.9 Å². The Bertz CT molecular complexity index is 250. The van der Waals surface area contributed by atoms with Gasteiger partial charge >= 0.3 is 0 Å². The third kappa shape index (κ3) is 1.93. The van der Waals surface area contributed by atoms with E-state index in [1.807, 2.05) is 12.1 Å². The van der Waals surface area contributed by atoms with Crippen molar-refractivity contribution in [1.29, 1.82) is 0 Å². The molecule has 0 amide bonds. The van der Waals surface area contributed by atoms with Crippen LogP contribution in [0.25, 0.3) is 0 Å². The minimum atomic E-state index is 0.671. The summed E-state index contributed by atoms with van der Waals surface area (Å²) >= 11 is 3.40. The van der Waals surface area contributed by atoms with Gasteiger partial charge in [-0.05, 0) is 28.4 Å². The zero-order valence-electron chi connectivity index (χ0n) is 6.60. The molecule has 1 heterocycles. The Morgan fingerprint density at radius 1 is 1.55 bits per heavy atom. The Balaban J connectivity index is 3.02. The number of hydrogen-bond acceptors (Lipinski definition) is 2. The van der Waals surface area contributed by atoms with Crippen LogP contribution in [-0.4, -0.2) is 12.1 Å². The largest absolute Gasteiger partial charge is 0.481 e. The highest BCUT2D eigenvalue weighted by Gasteiger charge is 1.99. The number of pyridine rings is 1. The molecule has 0 radical (unpaired) electrons. The highest BCUT2D eigenvalue weighted by Crippen LogP contribution is 2.18. The van der Waals surface area contributed by atoms with Crippen LogP contribution in [-0.2, 0) is 6.42 Å². The fourth-order valence-electron chi connectivity index (χ4n) is 0.826. The van der Waals surface area contributed by atoms with Gasteiger partial charge in [-0.15, -0.1) is 0 Å². The predicted octanol–water partition coefficient (Wildman–Crippen LogP) is 2.42. The first-order chi connectivity index (χ1) is 5.27. The normalized spacial score (nSPS) is 9.73. The smallest absolute Gasteiger partial charge is 0.213 e. The van der Waals surface area contributed by atoms with Crippen molar-refractivity contribution in [3.05, 3.63) is 22.3 Å². The van der Waals surface area contributed by atoms with Gasteiger partial charge < -0.3 is 4.74 Å². The molecule has 0 saturated carbocycles. The van der Waals surface area contributed by atoms with Gasteiger partial charge in [0.15, 0.2) is 0 Å². The van der Waals surface area contributed by atoms with Crippen molar-refractivity contribution in [2.24, 2.45) is 0 Å². The Hall–Kier alpha value is -0.570. The third-order valence-electron chi connectivity index (χ3n) is 1.44. The number of aromatic nitrogens is 1. The monoisotopic (exact) mass is 215 g/mol. The van der Waals surface area contributed by atoms with Crippen LogP contribution in [0.5, 0.6) is 5.88 Å². The van der Waals surface area contributed by atoms with Gasteiger partial charge in [0.05, 0.1) is 12.8 Å². The lowest BCUT2D eigenvalue weighted by Crippen LogP contribution is -1.92. The maximum atomic E-state index is 4.98. The number of halogens is 1. The number of rotatable bonds is 2. The highest BCUT2D eigenvalue weighted by molar-refractivity contribution is 9.10. The van der Waals surface area contributed by atoms with E-state index in [2.05, 4.69) is 27.8 Å². The van der Waals surface area contributed by atoms with E-state index in [4.69, 9.17) is 4.74 Å². The second kappa shape index (κ2) is 3.72. The topological polar surface area (TPSA) is 22.1 Å². The van der Waals surface area contributed by atoms with Crippen molar-refractivity contribution in [3.8, 4) is 5.88 Å². The van der Waals surface area contributed by atoms with Gasteiger partial charge in [0.25, 0.3) is 0 Å².